The van der Waals surface area contributed by atoms with Gasteiger partial charge in [0.05, 0.1) is 6.61 Å². The van der Waals surface area contributed by atoms with Crippen LogP contribution in [-0.4, -0.2) is 36.7 Å². The number of likely N-dealkylation sites (N-methyl/N-ethyl adjacent to an activating group) is 1. The Kier molecular flexibility index (Phi) is 5.46. The average molecular weight is 222 g/mol. The Morgan fingerprint density at radius 1 is 1.19 bits per heavy atom. The number of hydrogen-bond acceptors (Lipinski definition) is 3. The lowest BCUT2D eigenvalue weighted by Gasteiger charge is -2.18. The summed E-state index contributed by atoms with van der Waals surface area (Å²) in [6.45, 7) is 4.21. The van der Waals surface area contributed by atoms with Gasteiger partial charge in [-0.3, -0.25) is 0 Å². The van der Waals surface area contributed by atoms with Crippen molar-refractivity contribution in [3.05, 3.63) is 35.4 Å². The first-order chi connectivity index (χ1) is 7.61. The lowest BCUT2D eigenvalue weighted by atomic mass is 10.1. The highest BCUT2D eigenvalue weighted by Gasteiger charge is 2.02. The molecule has 0 aromatic heterocycles. The minimum atomic E-state index is 0.116. The predicted molar refractivity (Wildman–Crippen MR) is 67.2 cm³/mol. The van der Waals surface area contributed by atoms with Crippen LogP contribution in [-0.2, 0) is 13.2 Å². The number of aliphatic hydroxyl groups is 1. The number of nitrogens with zero attached hydrogens (tertiary/aromatic N) is 1. The molecule has 0 saturated heterocycles. The van der Waals surface area contributed by atoms with Gasteiger partial charge in [0, 0.05) is 19.1 Å². The molecule has 2 N–H and O–H groups in total. The maximum Gasteiger partial charge on any atom is 0.0681 e. The van der Waals surface area contributed by atoms with Crippen LogP contribution in [0.25, 0.3) is 0 Å². The van der Waals surface area contributed by atoms with E-state index in [1.54, 1.807) is 0 Å². The molecule has 0 spiro atoms. The molecule has 0 heterocycles. The molecule has 0 fully saturated rings. The number of hydrogen-bond donors (Lipinski definition) is 2. The van der Waals surface area contributed by atoms with Crippen LogP contribution in [0.1, 0.15) is 18.1 Å². The van der Waals surface area contributed by atoms with Gasteiger partial charge >= 0.3 is 0 Å². The third-order valence-electron chi connectivity index (χ3n) is 2.50. The van der Waals surface area contributed by atoms with E-state index in [2.05, 4.69) is 43.4 Å². The molecule has 90 valence electrons. The molecule has 0 radical (unpaired) electrons. The maximum absolute atomic E-state index is 8.92. The highest BCUT2D eigenvalue weighted by molar-refractivity contribution is 5.21. The first kappa shape index (κ1) is 13.2. The van der Waals surface area contributed by atoms with Crippen molar-refractivity contribution in [1.29, 1.82) is 0 Å². The molecule has 3 nitrogen and oxygen atoms in total. The Morgan fingerprint density at radius 3 is 2.25 bits per heavy atom. The lowest BCUT2D eigenvalue weighted by molar-refractivity contribution is 0.282. The minimum Gasteiger partial charge on any atom is -0.392 e. The third-order valence-corrected chi connectivity index (χ3v) is 2.50. The molecular weight excluding hydrogens is 200 g/mol. The highest BCUT2D eigenvalue weighted by atomic mass is 16.3. The van der Waals surface area contributed by atoms with Crippen molar-refractivity contribution in [1.82, 2.24) is 10.2 Å². The van der Waals surface area contributed by atoms with Gasteiger partial charge in [-0.05, 0) is 32.1 Å². The van der Waals surface area contributed by atoms with Crippen molar-refractivity contribution < 1.29 is 5.11 Å². The van der Waals surface area contributed by atoms with Crippen LogP contribution in [0.5, 0.6) is 0 Å². The van der Waals surface area contributed by atoms with Crippen LogP contribution in [0.3, 0.4) is 0 Å². The number of aliphatic hydroxyl groups excluding tert-OH is 1. The van der Waals surface area contributed by atoms with Crippen LogP contribution in [0.4, 0.5) is 0 Å². The zero-order chi connectivity index (χ0) is 12.0. The lowest BCUT2D eigenvalue weighted by Crippen LogP contribution is -2.35. The first-order valence-corrected chi connectivity index (χ1v) is 5.68. The summed E-state index contributed by atoms with van der Waals surface area (Å²) in [6.07, 6.45) is 0. The fourth-order valence-electron chi connectivity index (χ4n) is 1.67. The molecule has 1 unspecified atom stereocenters. The van der Waals surface area contributed by atoms with E-state index in [0.717, 1.165) is 18.7 Å². The van der Waals surface area contributed by atoms with Crippen molar-refractivity contribution >= 4 is 0 Å². The summed E-state index contributed by atoms with van der Waals surface area (Å²) >= 11 is 0. The normalized spacial score (nSPS) is 13.1. The Balaban J connectivity index is 2.36. The molecule has 0 aliphatic carbocycles. The molecule has 0 aliphatic heterocycles. The van der Waals surface area contributed by atoms with Gasteiger partial charge < -0.3 is 15.3 Å². The van der Waals surface area contributed by atoms with Crippen LogP contribution in [0.2, 0.25) is 0 Å². The predicted octanol–water partition coefficient (Wildman–Crippen LogP) is 1.22. The summed E-state index contributed by atoms with van der Waals surface area (Å²) in [5, 5.41) is 12.4. The van der Waals surface area contributed by atoms with Crippen molar-refractivity contribution in [2.45, 2.75) is 26.1 Å². The van der Waals surface area contributed by atoms with Gasteiger partial charge in [-0.1, -0.05) is 24.3 Å². The quantitative estimate of drug-likeness (QED) is 0.759. The van der Waals surface area contributed by atoms with Gasteiger partial charge in [-0.15, -0.1) is 0 Å². The fraction of sp³-hybridized carbons (Fsp3) is 0.538. The van der Waals surface area contributed by atoms with Gasteiger partial charge in [0.1, 0.15) is 0 Å². The molecule has 0 aliphatic rings. The van der Waals surface area contributed by atoms with Crippen LogP contribution in [0, 0.1) is 0 Å². The van der Waals surface area contributed by atoms with Gasteiger partial charge in [0.15, 0.2) is 0 Å². The minimum absolute atomic E-state index is 0.116. The zero-order valence-corrected chi connectivity index (χ0v) is 10.4. The summed E-state index contributed by atoms with van der Waals surface area (Å²) < 4.78 is 0. The van der Waals surface area contributed by atoms with E-state index >= 15 is 0 Å². The Labute approximate surface area is 98.1 Å². The molecule has 1 atom stereocenters. The molecule has 1 rings (SSSR count). The Bertz CT molecular complexity index is 295. The average Bonchev–Trinajstić information content (AvgIpc) is 2.26. The molecule has 0 amide bonds. The third kappa shape index (κ3) is 4.75. The van der Waals surface area contributed by atoms with Crippen LogP contribution in [0.15, 0.2) is 24.3 Å². The van der Waals surface area contributed by atoms with E-state index in [1.165, 1.54) is 5.56 Å². The van der Waals surface area contributed by atoms with E-state index < -0.39 is 0 Å². The second-order valence-corrected chi connectivity index (χ2v) is 4.52. The van der Waals surface area contributed by atoms with Gasteiger partial charge in [0.2, 0.25) is 0 Å². The van der Waals surface area contributed by atoms with E-state index in [-0.39, 0.29) is 6.61 Å². The van der Waals surface area contributed by atoms with Gasteiger partial charge in [-0.2, -0.15) is 0 Å². The van der Waals surface area contributed by atoms with E-state index in [1.807, 2.05) is 12.1 Å². The van der Waals surface area contributed by atoms with E-state index in [4.69, 9.17) is 5.11 Å². The Morgan fingerprint density at radius 2 is 1.75 bits per heavy atom. The summed E-state index contributed by atoms with van der Waals surface area (Å²) in [5.41, 5.74) is 2.22. The van der Waals surface area contributed by atoms with Crippen LogP contribution >= 0.6 is 0 Å². The maximum atomic E-state index is 8.92. The summed E-state index contributed by atoms with van der Waals surface area (Å²) in [4.78, 5) is 2.17. The van der Waals surface area contributed by atoms with Crippen molar-refractivity contribution in [3.8, 4) is 0 Å². The SMILES string of the molecule is CC(CN(C)C)NCc1ccc(CO)cc1. The summed E-state index contributed by atoms with van der Waals surface area (Å²) in [6, 6.07) is 8.52. The smallest absolute Gasteiger partial charge is 0.0681 e. The monoisotopic (exact) mass is 222 g/mol. The zero-order valence-electron chi connectivity index (χ0n) is 10.4. The van der Waals surface area contributed by atoms with Gasteiger partial charge in [-0.25, -0.2) is 0 Å². The Hall–Kier alpha value is -0.900. The largest absolute Gasteiger partial charge is 0.392 e. The molecule has 1 aromatic rings. The standard InChI is InChI=1S/C13H22N2O/c1-11(9-15(2)3)14-8-12-4-6-13(10-16)7-5-12/h4-7,11,14,16H,8-10H2,1-3H3. The van der Waals surface area contributed by atoms with E-state index in [0.29, 0.717) is 6.04 Å². The number of rotatable bonds is 6. The molecule has 16 heavy (non-hydrogen) atoms. The second kappa shape index (κ2) is 6.63. The van der Waals surface area contributed by atoms with Crippen molar-refractivity contribution in [2.75, 3.05) is 20.6 Å². The van der Waals surface area contributed by atoms with E-state index in [9.17, 15) is 0 Å². The topological polar surface area (TPSA) is 35.5 Å². The van der Waals surface area contributed by atoms with Crippen LogP contribution < -0.4 is 5.32 Å². The summed E-state index contributed by atoms with van der Waals surface area (Å²) in [5.74, 6) is 0. The molecule has 0 saturated carbocycles. The van der Waals surface area contributed by atoms with Crippen molar-refractivity contribution in [3.63, 3.8) is 0 Å². The summed E-state index contributed by atoms with van der Waals surface area (Å²) in [7, 11) is 4.16. The number of nitrogens with one attached hydrogen (secondary N) is 1. The highest BCUT2D eigenvalue weighted by Crippen LogP contribution is 2.04. The van der Waals surface area contributed by atoms with Gasteiger partial charge in [0.25, 0.3) is 0 Å². The first-order valence-electron chi connectivity index (χ1n) is 5.68. The molecule has 1 aromatic carbocycles. The van der Waals surface area contributed by atoms with Crippen molar-refractivity contribution in [2.24, 2.45) is 0 Å². The number of benzene rings is 1. The molecular formula is C13H22N2O. The molecule has 3 heteroatoms. The second-order valence-electron chi connectivity index (χ2n) is 4.52. The molecule has 0 bridgehead atoms. The fourth-order valence-corrected chi connectivity index (χ4v) is 1.67.